The quantitative estimate of drug-likeness (QED) is 0.306. The second kappa shape index (κ2) is 8.44. The number of amides is 1. The number of rotatable bonds is 4. The molecular weight excluding hydrogens is 470 g/mol. The van der Waals surface area contributed by atoms with Crippen molar-refractivity contribution in [2.75, 3.05) is 14.1 Å². The summed E-state index contributed by atoms with van der Waals surface area (Å²) in [5, 5.41) is 65.0. The molecule has 4 rings (SSSR count). The first-order chi connectivity index (χ1) is 16.8. The molecule has 0 aliphatic heterocycles. The van der Waals surface area contributed by atoms with Crippen LogP contribution in [0.4, 0.5) is 0 Å². The zero-order valence-corrected chi connectivity index (χ0v) is 19.9. The lowest BCUT2D eigenvalue weighted by atomic mass is 9.54. The molecule has 0 unspecified atom stereocenters. The van der Waals surface area contributed by atoms with Gasteiger partial charge in [-0.15, -0.1) is 0 Å². The number of nitrogens with zero attached hydrogens (tertiary/aromatic N) is 2. The molecule has 0 radical (unpaired) electrons. The predicted octanol–water partition coefficient (Wildman–Crippen LogP) is -0.0480. The molecule has 3 aliphatic carbocycles. The summed E-state index contributed by atoms with van der Waals surface area (Å²) in [6.07, 6.45) is -1.37. The molecule has 1 aromatic carbocycles. The summed E-state index contributed by atoms with van der Waals surface area (Å²) >= 11 is 0. The van der Waals surface area contributed by atoms with Gasteiger partial charge in [0.25, 0.3) is 5.91 Å². The van der Waals surface area contributed by atoms with Crippen LogP contribution in [0.5, 0.6) is 5.75 Å². The molecule has 7 N–H and O–H groups in total. The van der Waals surface area contributed by atoms with Gasteiger partial charge < -0.3 is 31.3 Å². The third kappa shape index (κ3) is 3.12. The highest BCUT2D eigenvalue weighted by Gasteiger charge is 2.68. The fraction of sp³-hybridized carbons (Fsp3) is 0.440. The Morgan fingerprint density at radius 2 is 1.86 bits per heavy atom. The predicted molar refractivity (Wildman–Crippen MR) is 124 cm³/mol. The van der Waals surface area contributed by atoms with Crippen molar-refractivity contribution in [1.29, 1.82) is 5.26 Å². The van der Waals surface area contributed by atoms with Gasteiger partial charge in [-0.1, -0.05) is 19.1 Å². The maximum Gasteiger partial charge on any atom is 0.255 e. The molecule has 190 valence electrons. The summed E-state index contributed by atoms with van der Waals surface area (Å²) in [7, 11) is 2.90. The van der Waals surface area contributed by atoms with Gasteiger partial charge in [-0.05, 0) is 37.6 Å². The van der Waals surface area contributed by atoms with Gasteiger partial charge in [0.2, 0.25) is 5.78 Å². The Labute approximate surface area is 206 Å². The molecule has 11 heteroatoms. The maximum atomic E-state index is 13.9. The number of Topliss-reactive ketones (excluding diaryl/α,β-unsaturated/α-hetero) is 2. The molecule has 6 atom stereocenters. The van der Waals surface area contributed by atoms with Crippen molar-refractivity contribution in [3.63, 3.8) is 0 Å². The number of phenolic OH excluding ortho intramolecular Hbond substituents is 1. The molecule has 0 bridgehead atoms. The Morgan fingerprint density at radius 3 is 2.42 bits per heavy atom. The summed E-state index contributed by atoms with van der Waals surface area (Å²) in [4.78, 5) is 40.4. The van der Waals surface area contributed by atoms with Gasteiger partial charge in [-0.25, -0.2) is 0 Å². The molecule has 11 nitrogen and oxygen atoms in total. The Bertz CT molecular complexity index is 1310. The van der Waals surface area contributed by atoms with Crippen LogP contribution in [0.3, 0.4) is 0 Å². The van der Waals surface area contributed by atoms with E-state index in [0.717, 1.165) is 0 Å². The first-order valence-corrected chi connectivity index (χ1v) is 11.4. The third-order valence-electron chi connectivity index (χ3n) is 7.72. The number of likely N-dealkylation sites (N-methyl/N-ethyl adjacent to an activating group) is 1. The molecule has 3 aliphatic rings. The molecule has 36 heavy (non-hydrogen) atoms. The number of aryl methyl sites for hydroxylation is 1. The van der Waals surface area contributed by atoms with Crippen LogP contribution in [0.15, 0.2) is 29.0 Å². The smallest absolute Gasteiger partial charge is 0.255 e. The molecule has 1 fully saturated rings. The zero-order chi connectivity index (χ0) is 26.9. The molecule has 0 spiro atoms. The SMILES string of the molecule is C[C@@H]1c2ccc(CCC#N)c(O)c2C(O)=C2C(=O)[C@@]3(O)C(O)=C(C(N)=O)C(=O)[C@H](N(C)C)[C@H]3[C@H](O)[C@H]21. The summed E-state index contributed by atoms with van der Waals surface area (Å²) in [6.45, 7) is 1.66. The van der Waals surface area contributed by atoms with Crippen LogP contribution >= 0.6 is 0 Å². The number of fused-ring (bicyclic) bond motifs is 3. The van der Waals surface area contributed by atoms with Crippen LogP contribution < -0.4 is 5.73 Å². The molecule has 1 amide bonds. The van der Waals surface area contributed by atoms with Crippen LogP contribution in [-0.4, -0.2) is 79.7 Å². The van der Waals surface area contributed by atoms with E-state index in [-0.39, 0.29) is 24.2 Å². The lowest BCUT2D eigenvalue weighted by Gasteiger charge is -2.53. The van der Waals surface area contributed by atoms with E-state index in [9.17, 15) is 39.9 Å². The van der Waals surface area contributed by atoms with E-state index in [1.165, 1.54) is 19.0 Å². The second-order valence-corrected chi connectivity index (χ2v) is 9.74. The van der Waals surface area contributed by atoms with E-state index in [2.05, 4.69) is 0 Å². The first-order valence-electron chi connectivity index (χ1n) is 11.4. The molecule has 1 aromatic rings. The number of nitriles is 1. The number of aromatic hydroxyl groups is 1. The van der Waals surface area contributed by atoms with E-state index in [1.807, 2.05) is 6.07 Å². The Balaban J connectivity index is 2.02. The number of aliphatic hydroxyl groups excluding tert-OH is 3. The number of carbonyl (C=O) groups excluding carboxylic acids is 3. The minimum absolute atomic E-state index is 0.0820. The number of carbonyl (C=O) groups is 3. The van der Waals surface area contributed by atoms with Crippen molar-refractivity contribution < 1.29 is 39.9 Å². The summed E-state index contributed by atoms with van der Waals surface area (Å²) < 4.78 is 0. The van der Waals surface area contributed by atoms with Gasteiger partial charge in [-0.2, -0.15) is 5.26 Å². The van der Waals surface area contributed by atoms with Crippen LogP contribution in [-0.2, 0) is 20.8 Å². The average molecular weight is 498 g/mol. The van der Waals surface area contributed by atoms with Crippen LogP contribution in [0, 0.1) is 23.2 Å². The van der Waals surface area contributed by atoms with E-state index in [4.69, 9.17) is 11.0 Å². The van der Waals surface area contributed by atoms with Gasteiger partial charge in [0.05, 0.1) is 29.7 Å². The van der Waals surface area contributed by atoms with Crippen molar-refractivity contribution in [1.82, 2.24) is 4.90 Å². The highest BCUT2D eigenvalue weighted by molar-refractivity contribution is 6.24. The Kier molecular flexibility index (Phi) is 5.95. The molecule has 0 aromatic heterocycles. The Morgan fingerprint density at radius 1 is 1.22 bits per heavy atom. The van der Waals surface area contributed by atoms with E-state index in [1.54, 1.807) is 19.1 Å². The van der Waals surface area contributed by atoms with E-state index in [0.29, 0.717) is 11.1 Å². The summed E-state index contributed by atoms with van der Waals surface area (Å²) in [5.41, 5.74) is 1.62. The molecular formula is C25H27N3O8. The number of benzene rings is 1. The summed E-state index contributed by atoms with van der Waals surface area (Å²) in [6, 6.07) is 3.78. The van der Waals surface area contributed by atoms with Gasteiger partial charge in [0.1, 0.15) is 22.8 Å². The lowest BCUT2D eigenvalue weighted by Crippen LogP contribution is -2.70. The van der Waals surface area contributed by atoms with Gasteiger partial charge in [-0.3, -0.25) is 19.3 Å². The molecule has 0 saturated heterocycles. The van der Waals surface area contributed by atoms with E-state index >= 15 is 0 Å². The Hall–Kier alpha value is -3.72. The fourth-order valence-corrected chi connectivity index (χ4v) is 6.05. The number of hydrogen-bond acceptors (Lipinski definition) is 10. The number of aliphatic hydroxyl groups is 4. The molecule has 1 saturated carbocycles. The minimum Gasteiger partial charge on any atom is -0.508 e. The number of primary amides is 1. The average Bonchev–Trinajstić information content (AvgIpc) is 2.80. The standard InChI is InChI=1S/C25H27N3O8/c1-9-11-7-6-10(5-4-8-26)18(29)13(11)19(30)14-12(9)20(31)16-17(28(2)3)21(32)15(24(27)35)23(34)25(16,36)22(14)33/h6-7,9,12,16-17,20,29-31,34,36H,4-5H2,1-3H3,(H2,27,35)/t9-,12+,16+,17-,20-,25-/m1/s1. The first kappa shape index (κ1) is 25.4. The normalized spacial score (nSPS) is 31.6. The van der Waals surface area contributed by atoms with Gasteiger partial charge >= 0.3 is 0 Å². The van der Waals surface area contributed by atoms with E-state index < -0.39 is 75.6 Å². The second-order valence-electron chi connectivity index (χ2n) is 9.74. The van der Waals surface area contributed by atoms with Crippen LogP contribution in [0.1, 0.15) is 36.0 Å². The minimum atomic E-state index is -2.95. The van der Waals surface area contributed by atoms with Crippen molar-refractivity contribution >= 4 is 23.2 Å². The lowest BCUT2D eigenvalue weighted by molar-refractivity contribution is -0.169. The topological polar surface area (TPSA) is 205 Å². The maximum absolute atomic E-state index is 13.9. The number of phenols is 1. The zero-order valence-electron chi connectivity index (χ0n) is 19.9. The van der Waals surface area contributed by atoms with Crippen LogP contribution in [0.25, 0.3) is 5.76 Å². The van der Waals surface area contributed by atoms with Gasteiger partial charge in [0.15, 0.2) is 11.4 Å². The summed E-state index contributed by atoms with van der Waals surface area (Å²) in [5.74, 6) is -9.24. The van der Waals surface area contributed by atoms with Gasteiger partial charge in [0, 0.05) is 17.9 Å². The molecule has 0 heterocycles. The third-order valence-corrected chi connectivity index (χ3v) is 7.72. The largest absolute Gasteiger partial charge is 0.508 e. The van der Waals surface area contributed by atoms with Crippen LogP contribution in [0.2, 0.25) is 0 Å². The highest BCUT2D eigenvalue weighted by atomic mass is 16.4. The number of nitrogens with two attached hydrogens (primary N) is 1. The van der Waals surface area contributed by atoms with Crippen molar-refractivity contribution in [3.05, 3.63) is 45.7 Å². The van der Waals surface area contributed by atoms with Crippen molar-refractivity contribution in [2.45, 2.75) is 43.4 Å². The monoisotopic (exact) mass is 497 g/mol. The van der Waals surface area contributed by atoms with Crippen molar-refractivity contribution in [2.24, 2.45) is 17.6 Å². The fourth-order valence-electron chi connectivity index (χ4n) is 6.05. The highest BCUT2D eigenvalue weighted by Crippen LogP contribution is 2.56. The number of hydrogen-bond donors (Lipinski definition) is 6. The number of ketones is 2. The van der Waals surface area contributed by atoms with Crippen molar-refractivity contribution in [3.8, 4) is 11.8 Å².